The van der Waals surface area contributed by atoms with E-state index in [0.29, 0.717) is 6.42 Å². The Morgan fingerprint density at radius 2 is 1.85 bits per heavy atom. The van der Waals surface area contributed by atoms with E-state index in [1.807, 2.05) is 44.3 Å². The molecule has 1 aromatic heterocycles. The van der Waals surface area contributed by atoms with Gasteiger partial charge in [0.05, 0.1) is 11.3 Å². The van der Waals surface area contributed by atoms with Crippen LogP contribution in [-0.4, -0.2) is 19.8 Å². The zero-order chi connectivity index (χ0) is 14.3. The molecule has 4 heteroatoms. The van der Waals surface area contributed by atoms with Crippen LogP contribution < -0.4 is 5.69 Å². The van der Waals surface area contributed by atoms with E-state index in [-0.39, 0.29) is 11.7 Å². The lowest BCUT2D eigenvalue weighted by atomic mass is 10.1. The summed E-state index contributed by atoms with van der Waals surface area (Å²) in [7, 11) is 0. The third-order valence-electron chi connectivity index (χ3n) is 3.93. The fourth-order valence-electron chi connectivity index (χ4n) is 2.46. The highest BCUT2D eigenvalue weighted by Gasteiger charge is 2.39. The minimum Gasteiger partial charge on any atom is -0.390 e. The molecule has 1 aliphatic rings. The van der Waals surface area contributed by atoms with Crippen LogP contribution in [0.1, 0.15) is 38.3 Å². The first-order valence-corrected chi connectivity index (χ1v) is 7.10. The highest BCUT2D eigenvalue weighted by molar-refractivity contribution is 5.35. The monoisotopic (exact) mass is 272 g/mol. The molecule has 0 spiro atoms. The molecule has 1 aliphatic carbocycles. The Kier molecular flexibility index (Phi) is 3.05. The average molecular weight is 272 g/mol. The SMILES string of the molecule is CC(C)n1ccn(-c2ccc(CC3(O)CC3)cc2)c1=O. The van der Waals surface area contributed by atoms with Gasteiger partial charge in [0.25, 0.3) is 0 Å². The van der Waals surface area contributed by atoms with Crippen molar-refractivity contribution in [2.75, 3.05) is 0 Å². The van der Waals surface area contributed by atoms with E-state index in [2.05, 4.69) is 0 Å². The Bertz CT molecular complexity index is 661. The van der Waals surface area contributed by atoms with Crippen LogP contribution in [0.5, 0.6) is 0 Å². The van der Waals surface area contributed by atoms with E-state index in [1.54, 1.807) is 15.3 Å². The first-order valence-electron chi connectivity index (χ1n) is 7.10. The van der Waals surface area contributed by atoms with Gasteiger partial charge in [-0.1, -0.05) is 12.1 Å². The van der Waals surface area contributed by atoms with Crippen LogP contribution >= 0.6 is 0 Å². The standard InChI is InChI=1S/C16H20N2O2/c1-12(2)17-9-10-18(15(17)19)14-5-3-13(4-6-14)11-16(20)7-8-16/h3-6,9-10,12,20H,7-8,11H2,1-2H3. The van der Waals surface area contributed by atoms with Gasteiger partial charge in [0.1, 0.15) is 0 Å². The Hall–Kier alpha value is -1.81. The van der Waals surface area contributed by atoms with Gasteiger partial charge in [-0.05, 0) is 44.4 Å². The van der Waals surface area contributed by atoms with E-state index in [4.69, 9.17) is 0 Å². The van der Waals surface area contributed by atoms with Crippen LogP contribution in [-0.2, 0) is 6.42 Å². The van der Waals surface area contributed by atoms with Crippen LogP contribution in [0.25, 0.3) is 5.69 Å². The van der Waals surface area contributed by atoms with Gasteiger partial charge in [0, 0.05) is 24.9 Å². The Labute approximate surface area is 118 Å². The normalized spacial score (nSPS) is 16.6. The maximum absolute atomic E-state index is 12.2. The molecule has 4 nitrogen and oxygen atoms in total. The van der Waals surface area contributed by atoms with Crippen molar-refractivity contribution >= 4 is 0 Å². The summed E-state index contributed by atoms with van der Waals surface area (Å²) in [6, 6.07) is 8.02. The second-order valence-electron chi connectivity index (χ2n) is 6.02. The third kappa shape index (κ3) is 2.43. The van der Waals surface area contributed by atoms with E-state index < -0.39 is 5.60 Å². The van der Waals surface area contributed by atoms with E-state index in [9.17, 15) is 9.90 Å². The summed E-state index contributed by atoms with van der Waals surface area (Å²) in [6.07, 6.45) is 6.10. The number of aliphatic hydroxyl groups is 1. The molecule has 0 radical (unpaired) electrons. The van der Waals surface area contributed by atoms with Crippen molar-refractivity contribution in [3.05, 3.63) is 52.7 Å². The summed E-state index contributed by atoms with van der Waals surface area (Å²) in [5.74, 6) is 0. The fraction of sp³-hybridized carbons (Fsp3) is 0.438. The predicted molar refractivity (Wildman–Crippen MR) is 78.3 cm³/mol. The Morgan fingerprint density at radius 3 is 2.35 bits per heavy atom. The summed E-state index contributed by atoms with van der Waals surface area (Å²) in [5.41, 5.74) is 1.49. The van der Waals surface area contributed by atoms with Gasteiger partial charge in [-0.15, -0.1) is 0 Å². The molecular weight excluding hydrogens is 252 g/mol. The summed E-state index contributed by atoms with van der Waals surface area (Å²) >= 11 is 0. The molecule has 1 N–H and O–H groups in total. The van der Waals surface area contributed by atoms with Gasteiger partial charge < -0.3 is 5.11 Å². The second kappa shape index (κ2) is 4.63. The summed E-state index contributed by atoms with van der Waals surface area (Å²) in [6.45, 7) is 3.98. The van der Waals surface area contributed by atoms with Gasteiger partial charge in [-0.3, -0.25) is 9.13 Å². The molecule has 0 bridgehead atoms. The molecule has 106 valence electrons. The molecule has 0 aliphatic heterocycles. The lowest BCUT2D eigenvalue weighted by molar-refractivity contribution is 0.151. The highest BCUT2D eigenvalue weighted by atomic mass is 16.3. The van der Waals surface area contributed by atoms with Gasteiger partial charge in [0.2, 0.25) is 0 Å². The minimum absolute atomic E-state index is 0.0198. The topological polar surface area (TPSA) is 47.2 Å². The van der Waals surface area contributed by atoms with Gasteiger partial charge in [-0.25, -0.2) is 4.79 Å². The van der Waals surface area contributed by atoms with Crippen molar-refractivity contribution in [2.45, 2.75) is 44.8 Å². The van der Waals surface area contributed by atoms with Crippen molar-refractivity contribution in [1.29, 1.82) is 0 Å². The number of nitrogens with zero attached hydrogens (tertiary/aromatic N) is 2. The molecule has 0 unspecified atom stereocenters. The molecule has 1 heterocycles. The van der Waals surface area contributed by atoms with Crippen molar-refractivity contribution < 1.29 is 5.11 Å². The Morgan fingerprint density at radius 1 is 1.20 bits per heavy atom. The number of hydrogen-bond donors (Lipinski definition) is 1. The molecule has 20 heavy (non-hydrogen) atoms. The molecule has 3 rings (SSSR count). The molecule has 0 amide bonds. The molecule has 1 aromatic carbocycles. The first kappa shape index (κ1) is 13.2. The quantitative estimate of drug-likeness (QED) is 0.928. The van der Waals surface area contributed by atoms with Crippen molar-refractivity contribution in [3.63, 3.8) is 0 Å². The summed E-state index contributed by atoms with van der Waals surface area (Å²) in [5, 5.41) is 9.92. The number of imidazole rings is 1. The summed E-state index contributed by atoms with van der Waals surface area (Å²) in [4.78, 5) is 12.2. The van der Waals surface area contributed by atoms with Gasteiger partial charge >= 0.3 is 5.69 Å². The maximum Gasteiger partial charge on any atom is 0.332 e. The van der Waals surface area contributed by atoms with Crippen LogP contribution in [0.2, 0.25) is 0 Å². The fourth-order valence-corrected chi connectivity index (χ4v) is 2.46. The maximum atomic E-state index is 12.2. The zero-order valence-electron chi connectivity index (χ0n) is 11.9. The van der Waals surface area contributed by atoms with Crippen LogP contribution in [0.4, 0.5) is 0 Å². The number of hydrogen-bond acceptors (Lipinski definition) is 2. The van der Waals surface area contributed by atoms with Crippen molar-refractivity contribution in [2.24, 2.45) is 0 Å². The van der Waals surface area contributed by atoms with E-state index >= 15 is 0 Å². The Balaban J connectivity index is 1.86. The van der Waals surface area contributed by atoms with E-state index in [1.165, 1.54) is 0 Å². The zero-order valence-corrected chi connectivity index (χ0v) is 11.9. The molecule has 1 fully saturated rings. The lowest BCUT2D eigenvalue weighted by Crippen LogP contribution is -2.24. The molecular formula is C16H20N2O2. The van der Waals surface area contributed by atoms with E-state index in [0.717, 1.165) is 24.1 Å². The van der Waals surface area contributed by atoms with Crippen LogP contribution in [0.15, 0.2) is 41.5 Å². The largest absolute Gasteiger partial charge is 0.390 e. The molecule has 1 saturated carbocycles. The third-order valence-corrected chi connectivity index (χ3v) is 3.93. The molecule has 0 atom stereocenters. The average Bonchev–Trinajstić information content (AvgIpc) is 2.99. The minimum atomic E-state index is -0.473. The van der Waals surface area contributed by atoms with Gasteiger partial charge in [0.15, 0.2) is 0 Å². The molecule has 0 saturated heterocycles. The molecule has 2 aromatic rings. The number of aromatic nitrogens is 2. The lowest BCUT2D eigenvalue weighted by Gasteiger charge is -2.09. The van der Waals surface area contributed by atoms with Crippen LogP contribution in [0, 0.1) is 0 Å². The van der Waals surface area contributed by atoms with Crippen molar-refractivity contribution in [3.8, 4) is 5.69 Å². The second-order valence-corrected chi connectivity index (χ2v) is 6.02. The number of benzene rings is 1. The van der Waals surface area contributed by atoms with Gasteiger partial charge in [-0.2, -0.15) is 0 Å². The smallest absolute Gasteiger partial charge is 0.332 e. The summed E-state index contributed by atoms with van der Waals surface area (Å²) < 4.78 is 3.36. The number of rotatable bonds is 4. The van der Waals surface area contributed by atoms with Crippen molar-refractivity contribution in [1.82, 2.24) is 9.13 Å². The first-order chi connectivity index (χ1) is 9.48. The highest BCUT2D eigenvalue weighted by Crippen LogP contribution is 2.38. The van der Waals surface area contributed by atoms with Crippen LogP contribution in [0.3, 0.4) is 0 Å². The predicted octanol–water partition coefficient (Wildman–Crippen LogP) is 2.29.